The maximum absolute atomic E-state index is 12.8. The van der Waals surface area contributed by atoms with Crippen LogP contribution in [0.5, 0.6) is 5.75 Å². The van der Waals surface area contributed by atoms with Crippen LogP contribution in [-0.4, -0.2) is 51.9 Å². The summed E-state index contributed by atoms with van der Waals surface area (Å²) in [4.78, 5) is 25.7. The van der Waals surface area contributed by atoms with Gasteiger partial charge in [-0.05, 0) is 43.0 Å². The van der Waals surface area contributed by atoms with Crippen molar-refractivity contribution in [2.24, 2.45) is 11.8 Å². The fourth-order valence-electron chi connectivity index (χ4n) is 3.41. The van der Waals surface area contributed by atoms with Crippen molar-refractivity contribution in [2.45, 2.75) is 20.3 Å². The molecule has 2 unspecified atom stereocenters. The van der Waals surface area contributed by atoms with Crippen LogP contribution in [0.1, 0.15) is 29.4 Å². The average molecular weight is 357 g/mol. The Morgan fingerprint density at radius 3 is 2.73 bits per heavy atom. The minimum Gasteiger partial charge on any atom is -0.494 e. The number of hydrogen-bond acceptors (Lipinski definition) is 4. The Morgan fingerprint density at radius 2 is 2.08 bits per heavy atom. The number of amides is 1. The van der Waals surface area contributed by atoms with Crippen LogP contribution in [-0.2, 0) is 4.79 Å². The third-order valence-electron chi connectivity index (χ3n) is 4.90. The first-order valence-corrected chi connectivity index (χ1v) is 8.63. The molecule has 1 aliphatic heterocycles. The quantitative estimate of drug-likeness (QED) is 0.908. The molecule has 26 heavy (non-hydrogen) atoms. The van der Waals surface area contributed by atoms with Gasteiger partial charge in [0.1, 0.15) is 11.4 Å². The normalized spacial score (nSPS) is 20.0. The van der Waals surface area contributed by atoms with Gasteiger partial charge in [0.25, 0.3) is 5.91 Å². The molecule has 0 spiro atoms. The summed E-state index contributed by atoms with van der Waals surface area (Å²) >= 11 is 0. The van der Waals surface area contributed by atoms with Crippen molar-refractivity contribution in [1.29, 1.82) is 0 Å². The Morgan fingerprint density at radius 1 is 1.31 bits per heavy atom. The van der Waals surface area contributed by atoms with Crippen LogP contribution >= 0.6 is 0 Å². The van der Waals surface area contributed by atoms with E-state index < -0.39 is 11.9 Å². The number of ether oxygens (including phenoxy) is 1. The van der Waals surface area contributed by atoms with Gasteiger partial charge in [0, 0.05) is 19.3 Å². The van der Waals surface area contributed by atoms with Crippen LogP contribution in [0.4, 0.5) is 0 Å². The molecule has 3 rings (SSSR count). The molecule has 1 N–H and O–H groups in total. The molecule has 2 aromatic rings. The number of piperidine rings is 1. The molecule has 1 saturated heterocycles. The molecular formula is C19H23N3O4. The molecule has 0 saturated carbocycles. The van der Waals surface area contributed by atoms with E-state index in [0.717, 1.165) is 11.3 Å². The molecule has 7 nitrogen and oxygen atoms in total. The van der Waals surface area contributed by atoms with Gasteiger partial charge in [-0.2, -0.15) is 5.10 Å². The zero-order valence-electron chi connectivity index (χ0n) is 15.2. The van der Waals surface area contributed by atoms with Crippen LogP contribution in [0.15, 0.2) is 30.5 Å². The summed E-state index contributed by atoms with van der Waals surface area (Å²) in [5.74, 6) is -0.766. The van der Waals surface area contributed by atoms with E-state index in [1.165, 1.54) is 0 Å². The van der Waals surface area contributed by atoms with E-state index >= 15 is 0 Å². The van der Waals surface area contributed by atoms with Crippen LogP contribution in [0.3, 0.4) is 0 Å². The van der Waals surface area contributed by atoms with Gasteiger partial charge in [-0.1, -0.05) is 13.0 Å². The number of benzene rings is 1. The molecule has 1 aromatic carbocycles. The van der Waals surface area contributed by atoms with Crippen molar-refractivity contribution in [2.75, 3.05) is 20.2 Å². The Kier molecular flexibility index (Phi) is 4.97. The van der Waals surface area contributed by atoms with E-state index in [0.29, 0.717) is 31.0 Å². The summed E-state index contributed by atoms with van der Waals surface area (Å²) in [5.41, 5.74) is 2.17. The number of rotatable bonds is 4. The minimum atomic E-state index is -0.791. The number of hydrogen-bond donors (Lipinski definition) is 1. The fraction of sp³-hybridized carbons (Fsp3) is 0.421. The highest BCUT2D eigenvalue weighted by molar-refractivity contribution is 5.92. The number of carboxylic acids is 1. The second kappa shape index (κ2) is 7.19. The average Bonchev–Trinajstić information content (AvgIpc) is 3.10. The smallest absolute Gasteiger partial charge is 0.306 e. The maximum Gasteiger partial charge on any atom is 0.306 e. The van der Waals surface area contributed by atoms with Gasteiger partial charge in [-0.25, -0.2) is 4.68 Å². The Balaban J connectivity index is 1.79. The van der Waals surface area contributed by atoms with Gasteiger partial charge in [-0.15, -0.1) is 0 Å². The van der Waals surface area contributed by atoms with Gasteiger partial charge < -0.3 is 14.7 Å². The number of carbonyl (C=O) groups is 2. The first-order valence-electron chi connectivity index (χ1n) is 8.63. The standard InChI is InChI=1S/C19H23N3O4/c1-12-4-5-17(26-3)16(10-12)22-9-7-15(20-22)18(23)21-8-6-14(19(24)25)13(2)11-21/h4-5,7,9-10,13-14H,6,8,11H2,1-3H3,(H,24,25). The lowest BCUT2D eigenvalue weighted by molar-refractivity contribution is -0.145. The molecule has 0 aliphatic carbocycles. The second-order valence-electron chi connectivity index (χ2n) is 6.78. The van der Waals surface area contributed by atoms with E-state index in [4.69, 9.17) is 4.74 Å². The first-order chi connectivity index (χ1) is 12.4. The molecular weight excluding hydrogens is 334 g/mol. The van der Waals surface area contributed by atoms with Crippen molar-refractivity contribution in [3.63, 3.8) is 0 Å². The highest BCUT2D eigenvalue weighted by Crippen LogP contribution is 2.26. The highest BCUT2D eigenvalue weighted by Gasteiger charge is 2.33. The van der Waals surface area contributed by atoms with E-state index in [9.17, 15) is 14.7 Å². The molecule has 0 radical (unpaired) electrons. The fourth-order valence-corrected chi connectivity index (χ4v) is 3.41. The lowest BCUT2D eigenvalue weighted by Crippen LogP contribution is -2.45. The Labute approximate surface area is 152 Å². The number of carbonyl (C=O) groups excluding carboxylic acids is 1. The van der Waals surface area contributed by atoms with Gasteiger partial charge in [-0.3, -0.25) is 9.59 Å². The van der Waals surface area contributed by atoms with Crippen molar-refractivity contribution >= 4 is 11.9 Å². The molecule has 2 atom stereocenters. The maximum atomic E-state index is 12.8. The number of aryl methyl sites for hydroxylation is 1. The lowest BCUT2D eigenvalue weighted by atomic mass is 9.87. The molecule has 1 amide bonds. The Bertz CT molecular complexity index is 830. The molecule has 2 heterocycles. The van der Waals surface area contributed by atoms with Crippen LogP contribution in [0.2, 0.25) is 0 Å². The summed E-state index contributed by atoms with van der Waals surface area (Å²) in [6.45, 7) is 4.71. The van der Waals surface area contributed by atoms with Crippen LogP contribution in [0, 0.1) is 18.8 Å². The van der Waals surface area contributed by atoms with Gasteiger partial charge >= 0.3 is 5.97 Å². The van der Waals surface area contributed by atoms with Crippen LogP contribution in [0.25, 0.3) is 5.69 Å². The number of nitrogens with zero attached hydrogens (tertiary/aromatic N) is 3. The number of methoxy groups -OCH3 is 1. The van der Waals surface area contributed by atoms with Crippen LogP contribution < -0.4 is 4.74 Å². The SMILES string of the molecule is COc1ccc(C)cc1-n1ccc(C(=O)N2CCC(C(=O)O)C(C)C2)n1. The number of aromatic nitrogens is 2. The number of aliphatic carboxylic acids is 1. The number of likely N-dealkylation sites (tertiary alicyclic amines) is 1. The summed E-state index contributed by atoms with van der Waals surface area (Å²) in [6.07, 6.45) is 2.20. The van der Waals surface area contributed by atoms with Crippen molar-refractivity contribution in [3.8, 4) is 11.4 Å². The molecule has 0 bridgehead atoms. The molecule has 7 heteroatoms. The summed E-state index contributed by atoms with van der Waals surface area (Å²) in [6, 6.07) is 7.44. The van der Waals surface area contributed by atoms with E-state index in [-0.39, 0.29) is 11.8 Å². The zero-order valence-corrected chi connectivity index (χ0v) is 15.2. The molecule has 1 fully saturated rings. The van der Waals surface area contributed by atoms with Crippen molar-refractivity contribution in [3.05, 3.63) is 41.7 Å². The van der Waals surface area contributed by atoms with Gasteiger partial charge in [0.05, 0.1) is 13.0 Å². The predicted molar refractivity (Wildman–Crippen MR) is 95.7 cm³/mol. The van der Waals surface area contributed by atoms with E-state index in [1.54, 1.807) is 29.0 Å². The Hall–Kier alpha value is -2.83. The van der Waals surface area contributed by atoms with Crippen molar-refractivity contribution in [1.82, 2.24) is 14.7 Å². The topological polar surface area (TPSA) is 84.7 Å². The summed E-state index contributed by atoms with van der Waals surface area (Å²) < 4.78 is 7.01. The summed E-state index contributed by atoms with van der Waals surface area (Å²) in [5, 5.41) is 13.6. The molecule has 1 aromatic heterocycles. The third-order valence-corrected chi connectivity index (χ3v) is 4.90. The predicted octanol–water partition coefficient (Wildman–Crippen LogP) is 2.37. The monoisotopic (exact) mass is 357 g/mol. The van der Waals surface area contributed by atoms with E-state index in [2.05, 4.69) is 5.10 Å². The van der Waals surface area contributed by atoms with E-state index in [1.807, 2.05) is 32.0 Å². The molecule has 1 aliphatic rings. The number of carboxylic acid groups (broad SMARTS) is 1. The minimum absolute atomic E-state index is 0.0795. The highest BCUT2D eigenvalue weighted by atomic mass is 16.5. The third kappa shape index (κ3) is 3.42. The summed E-state index contributed by atoms with van der Waals surface area (Å²) in [7, 11) is 1.59. The lowest BCUT2D eigenvalue weighted by Gasteiger charge is -2.34. The largest absolute Gasteiger partial charge is 0.494 e. The van der Waals surface area contributed by atoms with Gasteiger partial charge in [0.15, 0.2) is 5.69 Å². The van der Waals surface area contributed by atoms with Crippen molar-refractivity contribution < 1.29 is 19.4 Å². The second-order valence-corrected chi connectivity index (χ2v) is 6.78. The van der Waals surface area contributed by atoms with Gasteiger partial charge in [0.2, 0.25) is 0 Å². The first kappa shape index (κ1) is 18.0. The zero-order chi connectivity index (χ0) is 18.8. The molecule has 138 valence electrons.